The fraction of sp³-hybridized carbons (Fsp3) is 0.571. The molecule has 0 amide bonds. The quantitative estimate of drug-likeness (QED) is 0.775. The number of aliphatic hydroxyl groups excluding tert-OH is 1. The first-order valence-corrected chi connectivity index (χ1v) is 6.05. The van der Waals surface area contributed by atoms with Crippen molar-refractivity contribution >= 4 is 0 Å². The van der Waals surface area contributed by atoms with E-state index in [4.69, 9.17) is 5.11 Å². The largest absolute Gasteiger partial charge is 0.396 e. The summed E-state index contributed by atoms with van der Waals surface area (Å²) in [6.45, 7) is 4.18. The van der Waals surface area contributed by atoms with Crippen LogP contribution < -0.4 is 0 Å². The zero-order valence-electron chi connectivity index (χ0n) is 10.2. The molecular weight excluding hydrogens is 200 g/mol. The first-order valence-electron chi connectivity index (χ1n) is 6.05. The Hall–Kier alpha value is -0.860. The van der Waals surface area contributed by atoms with Gasteiger partial charge in [0.2, 0.25) is 0 Å². The van der Waals surface area contributed by atoms with Crippen molar-refractivity contribution < 1.29 is 10.2 Å². The lowest BCUT2D eigenvalue weighted by atomic mass is 9.87. The van der Waals surface area contributed by atoms with Crippen molar-refractivity contribution in [1.29, 1.82) is 0 Å². The van der Waals surface area contributed by atoms with E-state index in [0.717, 1.165) is 24.0 Å². The van der Waals surface area contributed by atoms with Crippen molar-refractivity contribution in [1.82, 2.24) is 0 Å². The maximum Gasteiger partial charge on any atom is 0.0682 e. The van der Waals surface area contributed by atoms with Gasteiger partial charge in [-0.2, -0.15) is 0 Å². The van der Waals surface area contributed by atoms with E-state index in [1.165, 1.54) is 0 Å². The maximum absolute atomic E-state index is 10.3. The van der Waals surface area contributed by atoms with Crippen LogP contribution in [0.15, 0.2) is 24.3 Å². The van der Waals surface area contributed by atoms with Crippen molar-refractivity contribution in [2.24, 2.45) is 0 Å². The summed E-state index contributed by atoms with van der Waals surface area (Å²) in [5.41, 5.74) is 1.69. The fourth-order valence-corrected chi connectivity index (χ4v) is 1.95. The van der Waals surface area contributed by atoms with E-state index in [1.54, 1.807) is 0 Å². The standard InChI is InChI=1S/C14H22O2/c1-3-14(16,4-2)11-13-8-6-5-7-12(13)9-10-15/h5-8,15-16H,3-4,9-11H2,1-2H3. The molecule has 0 unspecified atom stereocenters. The molecule has 0 fully saturated rings. The highest BCUT2D eigenvalue weighted by Crippen LogP contribution is 2.23. The van der Waals surface area contributed by atoms with Crippen molar-refractivity contribution in [3.8, 4) is 0 Å². The predicted octanol–water partition coefficient (Wildman–Crippen LogP) is 2.32. The molecule has 1 rings (SSSR count). The molecule has 0 heterocycles. The van der Waals surface area contributed by atoms with Crippen LogP contribution in [0, 0.1) is 0 Å². The summed E-state index contributed by atoms with van der Waals surface area (Å²) in [4.78, 5) is 0. The van der Waals surface area contributed by atoms with Crippen molar-refractivity contribution in [2.75, 3.05) is 6.61 Å². The molecule has 0 aliphatic rings. The minimum atomic E-state index is -0.606. The van der Waals surface area contributed by atoms with Gasteiger partial charge in [0.1, 0.15) is 0 Å². The van der Waals surface area contributed by atoms with Gasteiger partial charge in [0.25, 0.3) is 0 Å². The zero-order chi connectivity index (χ0) is 12.0. The second kappa shape index (κ2) is 6.02. The molecule has 0 aromatic heterocycles. The number of hydrogen-bond donors (Lipinski definition) is 2. The molecule has 16 heavy (non-hydrogen) atoms. The second-order valence-electron chi connectivity index (χ2n) is 4.35. The van der Waals surface area contributed by atoms with Crippen LogP contribution in [0.2, 0.25) is 0 Å². The van der Waals surface area contributed by atoms with Gasteiger partial charge in [-0.05, 0) is 30.4 Å². The number of hydrogen-bond acceptors (Lipinski definition) is 2. The molecule has 2 nitrogen and oxygen atoms in total. The SMILES string of the molecule is CCC(O)(CC)Cc1ccccc1CCO. The van der Waals surface area contributed by atoms with E-state index in [2.05, 4.69) is 0 Å². The van der Waals surface area contributed by atoms with Crippen LogP contribution >= 0.6 is 0 Å². The van der Waals surface area contributed by atoms with E-state index in [9.17, 15) is 5.11 Å². The summed E-state index contributed by atoms with van der Waals surface area (Å²) in [5, 5.41) is 19.3. The first-order chi connectivity index (χ1) is 7.65. The van der Waals surface area contributed by atoms with Gasteiger partial charge < -0.3 is 10.2 Å². The lowest BCUT2D eigenvalue weighted by Crippen LogP contribution is -2.30. The van der Waals surface area contributed by atoms with Gasteiger partial charge in [-0.3, -0.25) is 0 Å². The van der Waals surface area contributed by atoms with Crippen LogP contribution in [-0.2, 0) is 12.8 Å². The molecule has 1 aromatic carbocycles. The fourth-order valence-electron chi connectivity index (χ4n) is 1.95. The van der Waals surface area contributed by atoms with E-state index in [1.807, 2.05) is 38.1 Å². The van der Waals surface area contributed by atoms with Crippen molar-refractivity contribution in [2.45, 2.75) is 45.1 Å². The Balaban J connectivity index is 2.87. The highest BCUT2D eigenvalue weighted by Gasteiger charge is 2.23. The predicted molar refractivity (Wildman–Crippen MR) is 66.5 cm³/mol. The van der Waals surface area contributed by atoms with Gasteiger partial charge in [-0.15, -0.1) is 0 Å². The van der Waals surface area contributed by atoms with Crippen molar-refractivity contribution in [3.05, 3.63) is 35.4 Å². The smallest absolute Gasteiger partial charge is 0.0682 e. The minimum Gasteiger partial charge on any atom is -0.396 e. The summed E-state index contributed by atoms with van der Waals surface area (Å²) in [5.74, 6) is 0. The highest BCUT2D eigenvalue weighted by molar-refractivity contribution is 5.28. The van der Waals surface area contributed by atoms with Gasteiger partial charge in [0.15, 0.2) is 0 Å². The highest BCUT2D eigenvalue weighted by atomic mass is 16.3. The number of aliphatic hydroxyl groups is 2. The van der Waals surface area contributed by atoms with Crippen LogP contribution in [-0.4, -0.2) is 22.4 Å². The third-order valence-electron chi connectivity index (χ3n) is 3.34. The van der Waals surface area contributed by atoms with Crippen LogP contribution in [0.4, 0.5) is 0 Å². The Morgan fingerprint density at radius 2 is 1.62 bits per heavy atom. The van der Waals surface area contributed by atoms with E-state index in [0.29, 0.717) is 12.8 Å². The molecule has 0 aliphatic heterocycles. The topological polar surface area (TPSA) is 40.5 Å². The normalized spacial score (nSPS) is 11.8. The maximum atomic E-state index is 10.3. The molecule has 90 valence electrons. The van der Waals surface area contributed by atoms with Gasteiger partial charge in [0.05, 0.1) is 5.60 Å². The van der Waals surface area contributed by atoms with Crippen LogP contribution in [0.5, 0.6) is 0 Å². The molecule has 0 saturated heterocycles. The molecule has 0 spiro atoms. The third kappa shape index (κ3) is 3.32. The Kier molecular flexibility index (Phi) is 4.97. The van der Waals surface area contributed by atoms with Crippen LogP contribution in [0.3, 0.4) is 0 Å². The Bertz CT molecular complexity index is 316. The molecule has 2 heteroatoms. The molecule has 1 aromatic rings. The molecule has 0 aliphatic carbocycles. The van der Waals surface area contributed by atoms with E-state index < -0.39 is 5.60 Å². The monoisotopic (exact) mass is 222 g/mol. The van der Waals surface area contributed by atoms with Crippen LogP contribution in [0.1, 0.15) is 37.8 Å². The molecule has 2 N–H and O–H groups in total. The van der Waals surface area contributed by atoms with Gasteiger partial charge >= 0.3 is 0 Å². The van der Waals surface area contributed by atoms with Gasteiger partial charge in [0, 0.05) is 13.0 Å². The Morgan fingerprint density at radius 3 is 2.12 bits per heavy atom. The molecule has 0 bridgehead atoms. The second-order valence-corrected chi connectivity index (χ2v) is 4.35. The average molecular weight is 222 g/mol. The molecule has 0 saturated carbocycles. The molecule has 0 atom stereocenters. The number of rotatable bonds is 6. The van der Waals surface area contributed by atoms with Gasteiger partial charge in [-0.1, -0.05) is 38.1 Å². The van der Waals surface area contributed by atoms with Gasteiger partial charge in [-0.25, -0.2) is 0 Å². The van der Waals surface area contributed by atoms with E-state index >= 15 is 0 Å². The third-order valence-corrected chi connectivity index (χ3v) is 3.34. The van der Waals surface area contributed by atoms with E-state index in [-0.39, 0.29) is 6.61 Å². The summed E-state index contributed by atoms with van der Waals surface area (Å²) < 4.78 is 0. The average Bonchev–Trinajstić information content (AvgIpc) is 2.32. The summed E-state index contributed by atoms with van der Waals surface area (Å²) in [6.07, 6.45) is 2.86. The first kappa shape index (κ1) is 13.2. The van der Waals surface area contributed by atoms with Crippen LogP contribution in [0.25, 0.3) is 0 Å². The Labute approximate surface area is 97.9 Å². The lowest BCUT2D eigenvalue weighted by Gasteiger charge is -2.26. The Morgan fingerprint density at radius 1 is 1.06 bits per heavy atom. The summed E-state index contributed by atoms with van der Waals surface area (Å²) in [7, 11) is 0. The minimum absolute atomic E-state index is 0.160. The van der Waals surface area contributed by atoms with Crippen molar-refractivity contribution in [3.63, 3.8) is 0 Å². The zero-order valence-corrected chi connectivity index (χ0v) is 10.2. The molecular formula is C14H22O2. The summed E-state index contributed by atoms with van der Waals surface area (Å²) >= 11 is 0. The summed E-state index contributed by atoms with van der Waals surface area (Å²) in [6, 6.07) is 8.03. The number of benzene rings is 1. The molecule has 0 radical (unpaired) electrons. The lowest BCUT2D eigenvalue weighted by molar-refractivity contribution is 0.0324.